The number of methoxy groups -OCH3 is 1. The van der Waals surface area contributed by atoms with Crippen molar-refractivity contribution in [2.24, 2.45) is 0 Å². The molecule has 0 radical (unpaired) electrons. The number of aryl methyl sites for hydroxylation is 1. The molecule has 5 nitrogen and oxygen atoms in total. The highest BCUT2D eigenvalue weighted by Crippen LogP contribution is 2.17. The maximum Gasteiger partial charge on any atom is 0.316 e. The first-order chi connectivity index (χ1) is 7.15. The van der Waals surface area contributed by atoms with E-state index in [-0.39, 0.29) is 11.7 Å². The number of nitrogens with zero attached hydrogens (tertiary/aromatic N) is 2. The molecule has 15 heavy (non-hydrogen) atoms. The number of aromatic nitrogens is 2. The number of nitrogens with one attached hydrogen (secondary N) is 1. The minimum absolute atomic E-state index is 0.260. The second kappa shape index (κ2) is 5.55. The van der Waals surface area contributed by atoms with Crippen LogP contribution in [0.15, 0.2) is 11.1 Å². The fraction of sp³-hybridized carbons (Fsp3) is 0.444. The maximum atomic E-state index is 10.9. The van der Waals surface area contributed by atoms with E-state index in [1.807, 2.05) is 13.0 Å². The molecule has 0 saturated carbocycles. The lowest BCUT2D eigenvalue weighted by Crippen LogP contribution is -2.04. The molecule has 0 aliphatic rings. The van der Waals surface area contributed by atoms with Crippen LogP contribution in [-0.4, -0.2) is 35.8 Å². The van der Waals surface area contributed by atoms with E-state index in [1.54, 1.807) is 7.05 Å². The Hall–Kier alpha value is -1.30. The Morgan fingerprint density at radius 2 is 2.33 bits per heavy atom. The number of hydrogen-bond donors (Lipinski definition) is 1. The van der Waals surface area contributed by atoms with Gasteiger partial charge in [0.05, 0.1) is 12.9 Å². The number of hydrogen-bond acceptors (Lipinski definition) is 6. The minimum Gasteiger partial charge on any atom is -0.468 e. The topological polar surface area (TPSA) is 64.1 Å². The summed E-state index contributed by atoms with van der Waals surface area (Å²) >= 11 is 1.33. The van der Waals surface area contributed by atoms with Gasteiger partial charge in [-0.05, 0) is 13.0 Å². The largest absolute Gasteiger partial charge is 0.468 e. The van der Waals surface area contributed by atoms with Crippen LogP contribution in [0.5, 0.6) is 0 Å². The van der Waals surface area contributed by atoms with Gasteiger partial charge in [0.25, 0.3) is 0 Å². The van der Waals surface area contributed by atoms with Gasteiger partial charge in [-0.15, -0.1) is 0 Å². The summed E-state index contributed by atoms with van der Waals surface area (Å²) in [6.45, 7) is 1.88. The molecule has 0 unspecified atom stereocenters. The summed E-state index contributed by atoms with van der Waals surface area (Å²) in [4.78, 5) is 19.3. The molecular formula is C9H13N3O2S. The Bertz CT molecular complexity index is 357. The molecule has 6 heteroatoms. The van der Waals surface area contributed by atoms with Crippen LogP contribution in [0.3, 0.4) is 0 Å². The third-order valence-corrected chi connectivity index (χ3v) is 2.50. The Morgan fingerprint density at radius 3 is 2.93 bits per heavy atom. The fourth-order valence-electron chi connectivity index (χ4n) is 0.917. The molecule has 82 valence electrons. The van der Waals surface area contributed by atoms with E-state index in [9.17, 15) is 4.79 Å². The van der Waals surface area contributed by atoms with Gasteiger partial charge in [0, 0.05) is 12.7 Å². The summed E-state index contributed by atoms with van der Waals surface area (Å²) in [7, 11) is 3.12. The Kier molecular flexibility index (Phi) is 4.36. The first-order valence-electron chi connectivity index (χ1n) is 4.38. The van der Waals surface area contributed by atoms with Gasteiger partial charge in [-0.2, -0.15) is 0 Å². The van der Waals surface area contributed by atoms with Gasteiger partial charge in [-0.3, -0.25) is 4.79 Å². The maximum absolute atomic E-state index is 10.9. The second-order valence-electron chi connectivity index (χ2n) is 2.79. The van der Waals surface area contributed by atoms with E-state index < -0.39 is 0 Å². The molecule has 0 aliphatic carbocycles. The van der Waals surface area contributed by atoms with Crippen LogP contribution in [0, 0.1) is 6.92 Å². The lowest BCUT2D eigenvalue weighted by Gasteiger charge is -2.04. The van der Waals surface area contributed by atoms with Crippen LogP contribution < -0.4 is 5.32 Å². The van der Waals surface area contributed by atoms with Gasteiger partial charge in [0.15, 0.2) is 0 Å². The van der Waals surface area contributed by atoms with Gasteiger partial charge in [0.2, 0.25) is 5.95 Å². The van der Waals surface area contributed by atoms with E-state index in [1.165, 1.54) is 18.9 Å². The average Bonchev–Trinajstić information content (AvgIpc) is 2.25. The zero-order chi connectivity index (χ0) is 11.3. The second-order valence-corrected chi connectivity index (χ2v) is 3.78. The molecule has 1 N–H and O–H groups in total. The number of thioether (sulfide) groups is 1. The summed E-state index contributed by atoms with van der Waals surface area (Å²) in [5, 5.41) is 3.62. The molecule has 1 aromatic heterocycles. The van der Waals surface area contributed by atoms with Crippen molar-refractivity contribution in [3.63, 3.8) is 0 Å². The minimum atomic E-state index is -0.262. The predicted molar refractivity (Wildman–Crippen MR) is 59.1 cm³/mol. The number of ether oxygens (including phenoxy) is 1. The lowest BCUT2D eigenvalue weighted by atomic mass is 10.5. The molecule has 0 aromatic carbocycles. The molecule has 0 saturated heterocycles. The molecule has 0 fully saturated rings. The number of rotatable bonds is 4. The standard InChI is InChI=1S/C9H13N3O2S/c1-6-4-7(12-9(10-2)11-6)15-5-8(13)14-3/h4H,5H2,1-3H3,(H,10,11,12). The molecule has 0 amide bonds. The van der Waals surface area contributed by atoms with Crippen LogP contribution in [0.1, 0.15) is 5.69 Å². The molecule has 1 aromatic rings. The van der Waals surface area contributed by atoms with E-state index in [0.29, 0.717) is 5.95 Å². The predicted octanol–water partition coefficient (Wildman–Crippen LogP) is 1.09. The van der Waals surface area contributed by atoms with Crippen molar-refractivity contribution in [2.75, 3.05) is 25.2 Å². The van der Waals surface area contributed by atoms with E-state index in [4.69, 9.17) is 0 Å². The van der Waals surface area contributed by atoms with Crippen molar-refractivity contribution in [3.8, 4) is 0 Å². The molecule has 1 rings (SSSR count). The van der Waals surface area contributed by atoms with Crippen molar-refractivity contribution in [1.82, 2.24) is 9.97 Å². The van der Waals surface area contributed by atoms with Crippen LogP contribution in [0.4, 0.5) is 5.95 Å². The summed E-state index contributed by atoms with van der Waals surface area (Å²) in [6.07, 6.45) is 0. The van der Waals surface area contributed by atoms with E-state index in [2.05, 4.69) is 20.0 Å². The smallest absolute Gasteiger partial charge is 0.316 e. The van der Waals surface area contributed by atoms with Crippen LogP contribution >= 0.6 is 11.8 Å². The van der Waals surface area contributed by atoms with Crippen molar-refractivity contribution >= 4 is 23.7 Å². The first-order valence-corrected chi connectivity index (χ1v) is 5.37. The lowest BCUT2D eigenvalue weighted by molar-refractivity contribution is -0.137. The van der Waals surface area contributed by atoms with Crippen molar-refractivity contribution in [3.05, 3.63) is 11.8 Å². The zero-order valence-corrected chi connectivity index (χ0v) is 9.72. The molecule has 0 atom stereocenters. The summed E-state index contributed by atoms with van der Waals surface area (Å²) in [5.74, 6) is 0.556. The molecule has 0 aliphatic heterocycles. The average molecular weight is 227 g/mol. The Labute approximate surface area is 92.6 Å². The third-order valence-electron chi connectivity index (χ3n) is 1.62. The first kappa shape index (κ1) is 11.8. The molecule has 0 spiro atoms. The normalized spacial score (nSPS) is 9.80. The van der Waals surface area contributed by atoms with Crippen LogP contribution in [-0.2, 0) is 9.53 Å². The van der Waals surface area contributed by atoms with Crippen LogP contribution in [0.25, 0.3) is 0 Å². The number of esters is 1. The SMILES string of the molecule is CNc1nc(C)cc(SCC(=O)OC)n1. The monoisotopic (exact) mass is 227 g/mol. The Morgan fingerprint density at radius 1 is 1.60 bits per heavy atom. The third kappa shape index (κ3) is 3.75. The van der Waals surface area contributed by atoms with E-state index in [0.717, 1.165) is 10.7 Å². The van der Waals surface area contributed by atoms with Crippen molar-refractivity contribution < 1.29 is 9.53 Å². The van der Waals surface area contributed by atoms with Crippen molar-refractivity contribution in [2.45, 2.75) is 11.9 Å². The van der Waals surface area contributed by atoms with Crippen molar-refractivity contribution in [1.29, 1.82) is 0 Å². The highest BCUT2D eigenvalue weighted by molar-refractivity contribution is 7.99. The molecular weight excluding hydrogens is 214 g/mol. The molecule has 0 bridgehead atoms. The van der Waals surface area contributed by atoms with Gasteiger partial charge < -0.3 is 10.1 Å². The van der Waals surface area contributed by atoms with Gasteiger partial charge in [-0.1, -0.05) is 11.8 Å². The zero-order valence-electron chi connectivity index (χ0n) is 8.90. The van der Waals surface area contributed by atoms with Gasteiger partial charge >= 0.3 is 5.97 Å². The quantitative estimate of drug-likeness (QED) is 0.472. The number of anilines is 1. The van der Waals surface area contributed by atoms with Gasteiger partial charge in [0.1, 0.15) is 5.03 Å². The van der Waals surface area contributed by atoms with E-state index >= 15 is 0 Å². The fourth-order valence-corrected chi connectivity index (χ4v) is 1.71. The van der Waals surface area contributed by atoms with Gasteiger partial charge in [-0.25, -0.2) is 9.97 Å². The number of carbonyl (C=O) groups is 1. The number of carbonyl (C=O) groups excluding carboxylic acids is 1. The summed E-state index contributed by atoms with van der Waals surface area (Å²) < 4.78 is 4.54. The highest BCUT2D eigenvalue weighted by atomic mass is 32.2. The summed E-state index contributed by atoms with van der Waals surface area (Å²) in [6, 6.07) is 1.83. The summed E-state index contributed by atoms with van der Waals surface area (Å²) in [5.41, 5.74) is 0.863. The highest BCUT2D eigenvalue weighted by Gasteiger charge is 2.05. The molecule has 1 heterocycles. The Balaban J connectivity index is 2.68. The van der Waals surface area contributed by atoms with Crippen LogP contribution in [0.2, 0.25) is 0 Å².